The molecule has 0 unspecified atom stereocenters. The third-order valence-corrected chi connectivity index (χ3v) is 2.91. The molecule has 0 bridgehead atoms. The molecule has 3 N–H and O–H groups in total. The molecule has 0 amide bonds. The van der Waals surface area contributed by atoms with E-state index in [-0.39, 0.29) is 5.84 Å². The molecule has 1 aliphatic rings. The van der Waals surface area contributed by atoms with Crippen molar-refractivity contribution in [2.75, 3.05) is 37.6 Å². The Morgan fingerprint density at radius 3 is 2.53 bits per heavy atom. The van der Waals surface area contributed by atoms with Crippen molar-refractivity contribution in [2.45, 2.75) is 0 Å². The lowest BCUT2D eigenvalue weighted by atomic mass is 10.2. The first-order valence-electron chi connectivity index (χ1n) is 5.63. The zero-order valence-electron chi connectivity index (χ0n) is 9.66. The molecule has 17 heavy (non-hydrogen) atoms. The van der Waals surface area contributed by atoms with Gasteiger partial charge in [-0.15, -0.1) is 0 Å². The van der Waals surface area contributed by atoms with Crippen LogP contribution in [0.5, 0.6) is 0 Å². The van der Waals surface area contributed by atoms with Gasteiger partial charge in [-0.1, -0.05) is 5.16 Å². The van der Waals surface area contributed by atoms with Crippen molar-refractivity contribution in [1.82, 2.24) is 9.88 Å². The number of aromatic nitrogens is 1. The summed E-state index contributed by atoms with van der Waals surface area (Å²) in [7, 11) is 0. The first-order valence-corrected chi connectivity index (χ1v) is 5.63. The summed E-state index contributed by atoms with van der Waals surface area (Å²) in [4.78, 5) is 8.49. The van der Waals surface area contributed by atoms with E-state index in [0.29, 0.717) is 6.54 Å². The van der Waals surface area contributed by atoms with Gasteiger partial charge in [-0.25, -0.2) is 0 Å². The van der Waals surface area contributed by atoms with Crippen LogP contribution in [0.15, 0.2) is 29.7 Å². The fraction of sp³-hybridized carbons (Fsp3) is 0.455. The molecule has 6 nitrogen and oxygen atoms in total. The molecule has 92 valence electrons. The Morgan fingerprint density at radius 2 is 1.94 bits per heavy atom. The number of amidine groups is 1. The van der Waals surface area contributed by atoms with Crippen LogP contribution in [0.25, 0.3) is 0 Å². The zero-order valence-corrected chi connectivity index (χ0v) is 9.66. The second-order valence-electron chi connectivity index (χ2n) is 4.06. The average Bonchev–Trinajstić information content (AvgIpc) is 2.40. The van der Waals surface area contributed by atoms with E-state index in [1.54, 1.807) is 12.4 Å². The van der Waals surface area contributed by atoms with Gasteiger partial charge in [-0.3, -0.25) is 9.88 Å². The lowest BCUT2D eigenvalue weighted by Crippen LogP contribution is -2.48. The van der Waals surface area contributed by atoms with Crippen LogP contribution >= 0.6 is 0 Å². The van der Waals surface area contributed by atoms with Crippen LogP contribution in [-0.4, -0.2) is 53.7 Å². The first kappa shape index (κ1) is 11.7. The molecule has 6 heteroatoms. The summed E-state index contributed by atoms with van der Waals surface area (Å²) < 4.78 is 0. The fourth-order valence-corrected chi connectivity index (χ4v) is 1.98. The topological polar surface area (TPSA) is 78.0 Å². The lowest BCUT2D eigenvalue weighted by molar-refractivity contribution is 0.279. The van der Waals surface area contributed by atoms with E-state index in [1.165, 1.54) is 5.69 Å². The summed E-state index contributed by atoms with van der Waals surface area (Å²) >= 11 is 0. The van der Waals surface area contributed by atoms with Crippen LogP contribution in [0.2, 0.25) is 0 Å². The van der Waals surface area contributed by atoms with Crippen LogP contribution < -0.4 is 10.6 Å². The molecule has 0 spiro atoms. The van der Waals surface area contributed by atoms with E-state index >= 15 is 0 Å². The van der Waals surface area contributed by atoms with E-state index in [2.05, 4.69) is 19.9 Å². The molecule has 2 rings (SSSR count). The van der Waals surface area contributed by atoms with Gasteiger partial charge in [-0.2, -0.15) is 0 Å². The minimum Gasteiger partial charge on any atom is -0.409 e. The Morgan fingerprint density at radius 1 is 1.29 bits per heavy atom. The van der Waals surface area contributed by atoms with Crippen LogP contribution in [0.3, 0.4) is 0 Å². The molecular weight excluding hydrogens is 218 g/mol. The van der Waals surface area contributed by atoms with Gasteiger partial charge in [0.2, 0.25) is 0 Å². The second-order valence-corrected chi connectivity index (χ2v) is 4.06. The SMILES string of the molecule is N/C(CN1CCN(c2ccncc2)CC1)=N/O. The standard InChI is InChI=1S/C11H17N5O/c12-11(14-17)9-15-5-7-16(8-6-15)10-1-3-13-4-2-10/h1-4,17H,5-9H2,(H2,12,14). The molecule has 2 heterocycles. The quantitative estimate of drug-likeness (QED) is 0.332. The van der Waals surface area contributed by atoms with Crippen molar-refractivity contribution in [1.29, 1.82) is 0 Å². The van der Waals surface area contributed by atoms with Gasteiger partial charge < -0.3 is 15.8 Å². The van der Waals surface area contributed by atoms with E-state index in [9.17, 15) is 0 Å². The Bertz CT molecular complexity index is 373. The van der Waals surface area contributed by atoms with E-state index in [1.807, 2.05) is 12.1 Å². The highest BCUT2D eigenvalue weighted by Crippen LogP contribution is 2.14. The fourth-order valence-electron chi connectivity index (χ4n) is 1.98. The van der Waals surface area contributed by atoms with Crippen molar-refractivity contribution in [3.63, 3.8) is 0 Å². The van der Waals surface area contributed by atoms with Crippen molar-refractivity contribution < 1.29 is 5.21 Å². The third kappa shape index (κ3) is 3.07. The van der Waals surface area contributed by atoms with Gasteiger partial charge >= 0.3 is 0 Å². The summed E-state index contributed by atoms with van der Waals surface area (Å²) in [6, 6.07) is 4.03. The largest absolute Gasteiger partial charge is 0.409 e. The van der Waals surface area contributed by atoms with Gasteiger partial charge in [0.1, 0.15) is 0 Å². The molecule has 0 atom stereocenters. The van der Waals surface area contributed by atoms with Crippen LogP contribution in [0, 0.1) is 0 Å². The van der Waals surface area contributed by atoms with Gasteiger partial charge in [0.15, 0.2) is 5.84 Å². The maximum Gasteiger partial charge on any atom is 0.153 e. The minimum absolute atomic E-state index is 0.266. The highest BCUT2D eigenvalue weighted by molar-refractivity contribution is 5.81. The van der Waals surface area contributed by atoms with Crippen molar-refractivity contribution in [2.24, 2.45) is 10.9 Å². The van der Waals surface area contributed by atoms with Crippen molar-refractivity contribution in [3.05, 3.63) is 24.5 Å². The molecule has 0 aromatic carbocycles. The van der Waals surface area contributed by atoms with E-state index in [4.69, 9.17) is 10.9 Å². The predicted molar refractivity (Wildman–Crippen MR) is 66.3 cm³/mol. The lowest BCUT2D eigenvalue weighted by Gasteiger charge is -2.35. The molecular formula is C11H17N5O. The summed E-state index contributed by atoms with van der Waals surface area (Å²) in [6.07, 6.45) is 3.61. The molecule has 0 saturated carbocycles. The highest BCUT2D eigenvalue weighted by Gasteiger charge is 2.17. The Hall–Kier alpha value is -1.82. The van der Waals surface area contributed by atoms with Crippen LogP contribution in [-0.2, 0) is 0 Å². The van der Waals surface area contributed by atoms with E-state index in [0.717, 1.165) is 26.2 Å². The molecule has 1 aromatic rings. The molecule has 1 aromatic heterocycles. The molecule has 1 fully saturated rings. The summed E-state index contributed by atoms with van der Waals surface area (Å²) in [5.41, 5.74) is 6.68. The number of nitrogens with two attached hydrogens (primary N) is 1. The number of hydrogen-bond donors (Lipinski definition) is 2. The normalized spacial score (nSPS) is 18.4. The number of nitrogens with zero attached hydrogens (tertiary/aromatic N) is 4. The molecule has 0 aliphatic carbocycles. The maximum absolute atomic E-state index is 8.51. The summed E-state index contributed by atoms with van der Waals surface area (Å²) in [5, 5.41) is 11.5. The number of piperazine rings is 1. The van der Waals surface area contributed by atoms with Crippen LogP contribution in [0.1, 0.15) is 0 Å². The second kappa shape index (κ2) is 5.49. The van der Waals surface area contributed by atoms with Crippen molar-refractivity contribution >= 4 is 11.5 Å². The number of hydrogen-bond acceptors (Lipinski definition) is 5. The smallest absolute Gasteiger partial charge is 0.153 e. The Labute approximate surface area is 100 Å². The number of anilines is 1. The first-order chi connectivity index (χ1) is 8.29. The number of pyridine rings is 1. The number of rotatable bonds is 3. The third-order valence-electron chi connectivity index (χ3n) is 2.91. The average molecular weight is 235 g/mol. The zero-order chi connectivity index (χ0) is 12.1. The Balaban J connectivity index is 1.86. The Kier molecular flexibility index (Phi) is 3.77. The van der Waals surface area contributed by atoms with Crippen molar-refractivity contribution in [3.8, 4) is 0 Å². The van der Waals surface area contributed by atoms with Gasteiger partial charge in [0.25, 0.3) is 0 Å². The summed E-state index contributed by atoms with van der Waals surface area (Å²) in [6.45, 7) is 4.25. The van der Waals surface area contributed by atoms with E-state index < -0.39 is 0 Å². The van der Waals surface area contributed by atoms with Crippen LogP contribution in [0.4, 0.5) is 5.69 Å². The van der Waals surface area contributed by atoms with Gasteiger partial charge in [0, 0.05) is 44.3 Å². The highest BCUT2D eigenvalue weighted by atomic mass is 16.4. The molecule has 0 radical (unpaired) electrons. The molecule has 1 aliphatic heterocycles. The monoisotopic (exact) mass is 235 g/mol. The van der Waals surface area contributed by atoms with Gasteiger partial charge in [-0.05, 0) is 12.1 Å². The number of oxime groups is 1. The minimum atomic E-state index is 0.266. The summed E-state index contributed by atoms with van der Waals surface area (Å²) in [5.74, 6) is 0.266. The maximum atomic E-state index is 8.51. The predicted octanol–water partition coefficient (Wildman–Crippen LogP) is -0.0500. The molecule has 1 saturated heterocycles. The van der Waals surface area contributed by atoms with Gasteiger partial charge in [0.05, 0.1) is 6.54 Å².